The Bertz CT molecular complexity index is 864. The predicted octanol–water partition coefficient (Wildman–Crippen LogP) is 5.07. The summed E-state index contributed by atoms with van der Waals surface area (Å²) < 4.78 is 11.9. The van der Waals surface area contributed by atoms with Gasteiger partial charge in [0.2, 0.25) is 0 Å². The van der Waals surface area contributed by atoms with E-state index in [1.54, 1.807) is 12.0 Å². The van der Waals surface area contributed by atoms with Gasteiger partial charge in [0.25, 0.3) is 5.91 Å². The number of hydrogen-bond donors (Lipinski definition) is 0. The van der Waals surface area contributed by atoms with E-state index in [0.29, 0.717) is 12.3 Å². The maximum atomic E-state index is 12.9. The van der Waals surface area contributed by atoms with Crippen LogP contribution in [0, 0.1) is 0 Å². The molecule has 0 bridgehead atoms. The Labute approximate surface area is 167 Å². The van der Waals surface area contributed by atoms with Crippen molar-refractivity contribution in [1.82, 2.24) is 0 Å². The SMILES string of the molecule is COc1ccc(N(Cc2ccc(Br)cc2)C(=O)COc2ccccc2)cc1. The zero-order chi connectivity index (χ0) is 19.1. The fourth-order valence-corrected chi connectivity index (χ4v) is 2.86. The fourth-order valence-electron chi connectivity index (χ4n) is 2.60. The van der Waals surface area contributed by atoms with E-state index in [1.165, 1.54) is 0 Å². The van der Waals surface area contributed by atoms with Gasteiger partial charge in [-0.15, -0.1) is 0 Å². The molecule has 27 heavy (non-hydrogen) atoms. The number of nitrogens with zero attached hydrogens (tertiary/aromatic N) is 1. The van der Waals surface area contributed by atoms with E-state index < -0.39 is 0 Å². The lowest BCUT2D eigenvalue weighted by Gasteiger charge is -2.23. The van der Waals surface area contributed by atoms with Gasteiger partial charge in [-0.05, 0) is 54.1 Å². The van der Waals surface area contributed by atoms with E-state index in [-0.39, 0.29) is 12.5 Å². The van der Waals surface area contributed by atoms with Crippen LogP contribution in [0.5, 0.6) is 11.5 Å². The summed E-state index contributed by atoms with van der Waals surface area (Å²) in [4.78, 5) is 14.6. The van der Waals surface area contributed by atoms with Crippen LogP contribution in [0.3, 0.4) is 0 Å². The molecule has 138 valence electrons. The number of para-hydroxylation sites is 1. The van der Waals surface area contributed by atoms with Crippen LogP contribution in [0.2, 0.25) is 0 Å². The molecule has 0 aliphatic heterocycles. The highest BCUT2D eigenvalue weighted by Gasteiger charge is 2.17. The standard InChI is InChI=1S/C22H20BrNO3/c1-26-20-13-11-19(12-14-20)24(15-17-7-9-18(23)10-8-17)22(25)16-27-21-5-3-2-4-6-21/h2-14H,15-16H2,1H3. The number of hydrogen-bond acceptors (Lipinski definition) is 3. The molecule has 3 aromatic rings. The van der Waals surface area contributed by atoms with Gasteiger partial charge in [0.1, 0.15) is 11.5 Å². The Morgan fingerprint density at radius 2 is 1.56 bits per heavy atom. The zero-order valence-electron chi connectivity index (χ0n) is 15.0. The van der Waals surface area contributed by atoms with Crippen molar-refractivity contribution in [3.05, 3.63) is 88.9 Å². The summed E-state index contributed by atoms with van der Waals surface area (Å²) in [6.07, 6.45) is 0. The first-order valence-corrected chi connectivity index (χ1v) is 9.32. The molecule has 0 saturated carbocycles. The van der Waals surface area contributed by atoms with E-state index in [4.69, 9.17) is 9.47 Å². The van der Waals surface area contributed by atoms with Gasteiger partial charge in [-0.3, -0.25) is 4.79 Å². The number of anilines is 1. The van der Waals surface area contributed by atoms with Gasteiger partial charge < -0.3 is 14.4 Å². The molecule has 0 fully saturated rings. The summed E-state index contributed by atoms with van der Waals surface area (Å²) in [5, 5.41) is 0. The number of rotatable bonds is 7. The molecule has 0 N–H and O–H groups in total. The van der Waals surface area contributed by atoms with Gasteiger partial charge in [0.05, 0.1) is 13.7 Å². The number of amides is 1. The van der Waals surface area contributed by atoms with Gasteiger partial charge in [-0.1, -0.05) is 46.3 Å². The van der Waals surface area contributed by atoms with Crippen molar-refractivity contribution in [2.24, 2.45) is 0 Å². The van der Waals surface area contributed by atoms with Crippen molar-refractivity contribution in [3.63, 3.8) is 0 Å². The molecule has 0 unspecified atom stereocenters. The number of benzene rings is 3. The zero-order valence-corrected chi connectivity index (χ0v) is 16.6. The molecule has 0 aliphatic rings. The molecule has 0 heterocycles. The minimum Gasteiger partial charge on any atom is -0.497 e. The highest BCUT2D eigenvalue weighted by Crippen LogP contribution is 2.22. The summed E-state index contributed by atoms with van der Waals surface area (Å²) in [5.74, 6) is 1.30. The van der Waals surface area contributed by atoms with Gasteiger partial charge >= 0.3 is 0 Å². The fraction of sp³-hybridized carbons (Fsp3) is 0.136. The molecule has 0 radical (unpaired) electrons. The summed E-state index contributed by atoms with van der Waals surface area (Å²) in [5.41, 5.74) is 1.82. The number of carbonyl (C=O) groups excluding carboxylic acids is 1. The van der Waals surface area contributed by atoms with Gasteiger partial charge in [0.15, 0.2) is 6.61 Å². The number of methoxy groups -OCH3 is 1. The largest absolute Gasteiger partial charge is 0.497 e. The molecule has 0 saturated heterocycles. The van der Waals surface area contributed by atoms with Crippen molar-refractivity contribution in [2.75, 3.05) is 18.6 Å². The van der Waals surface area contributed by atoms with E-state index in [0.717, 1.165) is 21.5 Å². The van der Waals surface area contributed by atoms with Crippen LogP contribution in [0.15, 0.2) is 83.3 Å². The number of carbonyl (C=O) groups is 1. The Hall–Kier alpha value is -2.79. The average molecular weight is 426 g/mol. The second-order valence-corrected chi connectivity index (χ2v) is 6.82. The smallest absolute Gasteiger partial charge is 0.265 e. The van der Waals surface area contributed by atoms with Crippen LogP contribution in [0.25, 0.3) is 0 Å². The number of halogens is 1. The lowest BCUT2D eigenvalue weighted by atomic mass is 10.2. The lowest BCUT2D eigenvalue weighted by Crippen LogP contribution is -2.34. The highest BCUT2D eigenvalue weighted by atomic mass is 79.9. The summed E-state index contributed by atoms with van der Waals surface area (Å²) in [7, 11) is 1.62. The quantitative estimate of drug-likeness (QED) is 0.530. The van der Waals surface area contributed by atoms with Gasteiger partial charge in [0, 0.05) is 10.2 Å². The molecule has 1 amide bonds. The summed E-state index contributed by atoms with van der Waals surface area (Å²) >= 11 is 3.44. The van der Waals surface area contributed by atoms with Gasteiger partial charge in [-0.2, -0.15) is 0 Å². The molecule has 0 aliphatic carbocycles. The first kappa shape index (κ1) is 19.0. The van der Waals surface area contributed by atoms with Crippen LogP contribution in [0.1, 0.15) is 5.56 Å². The Morgan fingerprint density at radius 1 is 0.889 bits per heavy atom. The predicted molar refractivity (Wildman–Crippen MR) is 110 cm³/mol. The summed E-state index contributed by atoms with van der Waals surface area (Å²) in [6.45, 7) is 0.420. The third-order valence-electron chi connectivity index (χ3n) is 4.04. The van der Waals surface area contributed by atoms with E-state index in [2.05, 4.69) is 15.9 Å². The van der Waals surface area contributed by atoms with Crippen LogP contribution >= 0.6 is 15.9 Å². The number of ether oxygens (including phenoxy) is 2. The monoisotopic (exact) mass is 425 g/mol. The molecule has 4 nitrogen and oxygen atoms in total. The first-order valence-electron chi connectivity index (χ1n) is 8.52. The van der Waals surface area contributed by atoms with Crippen molar-refractivity contribution in [2.45, 2.75) is 6.54 Å². The molecule has 0 atom stereocenters. The topological polar surface area (TPSA) is 38.8 Å². The van der Waals surface area contributed by atoms with Crippen LogP contribution in [-0.4, -0.2) is 19.6 Å². The third kappa shape index (κ3) is 5.34. The molecular weight excluding hydrogens is 406 g/mol. The van der Waals surface area contributed by atoms with E-state index in [1.807, 2.05) is 78.9 Å². The summed E-state index contributed by atoms with van der Waals surface area (Å²) in [6, 6.07) is 24.7. The maximum Gasteiger partial charge on any atom is 0.265 e. The highest BCUT2D eigenvalue weighted by molar-refractivity contribution is 9.10. The normalized spacial score (nSPS) is 10.3. The molecule has 3 aromatic carbocycles. The molecule has 3 rings (SSSR count). The van der Waals surface area contributed by atoms with Gasteiger partial charge in [-0.25, -0.2) is 0 Å². The van der Waals surface area contributed by atoms with E-state index >= 15 is 0 Å². The average Bonchev–Trinajstić information content (AvgIpc) is 2.72. The molecule has 5 heteroatoms. The Balaban J connectivity index is 1.79. The van der Waals surface area contributed by atoms with Crippen molar-refractivity contribution in [1.29, 1.82) is 0 Å². The van der Waals surface area contributed by atoms with Crippen molar-refractivity contribution >= 4 is 27.5 Å². The lowest BCUT2D eigenvalue weighted by molar-refractivity contribution is -0.120. The molecule has 0 aromatic heterocycles. The Morgan fingerprint density at radius 3 is 2.19 bits per heavy atom. The van der Waals surface area contributed by atoms with Crippen LogP contribution in [0.4, 0.5) is 5.69 Å². The van der Waals surface area contributed by atoms with Crippen LogP contribution in [-0.2, 0) is 11.3 Å². The maximum absolute atomic E-state index is 12.9. The second-order valence-electron chi connectivity index (χ2n) is 5.91. The third-order valence-corrected chi connectivity index (χ3v) is 4.57. The van der Waals surface area contributed by atoms with Crippen molar-refractivity contribution < 1.29 is 14.3 Å². The van der Waals surface area contributed by atoms with E-state index in [9.17, 15) is 4.79 Å². The second kappa shape index (κ2) is 9.24. The van der Waals surface area contributed by atoms with Crippen molar-refractivity contribution in [3.8, 4) is 11.5 Å². The minimum atomic E-state index is -0.119. The Kier molecular flexibility index (Phi) is 6.49. The molecule has 0 spiro atoms. The minimum absolute atomic E-state index is 0.0351. The molecular formula is C22H20BrNO3. The van der Waals surface area contributed by atoms with Crippen LogP contribution < -0.4 is 14.4 Å². The first-order chi connectivity index (χ1) is 13.2.